The first-order chi connectivity index (χ1) is 21.7. The topological polar surface area (TPSA) is 75.1 Å². The number of ether oxygens (including phenoxy) is 2. The van der Waals surface area contributed by atoms with Crippen LogP contribution in [0.1, 0.15) is 49.4 Å². The molecule has 1 N–H and O–H groups in total. The monoisotopic (exact) mass is 649 g/mol. The standard InChI is InChI=1S/C33H39F4N3O4S/c1-43-24-2-3-29-25(18-24)31(22(20-38-29)21-40-10-13-44-14-11-40)26(35)4-5-33(19-30(41)42)6-8-39(9-7-33)12-15-45-32-27(36)16-23(34)17-28(32)37/h2-3,16-18,20,26H,4-15,19,21H2,1H3,(H,41,42)/t26-/m0/s1. The number of nitrogens with zero attached hydrogens (tertiary/aromatic N) is 3. The van der Waals surface area contributed by atoms with Crippen molar-refractivity contribution in [2.45, 2.75) is 49.7 Å². The lowest BCUT2D eigenvalue weighted by molar-refractivity contribution is -0.141. The minimum Gasteiger partial charge on any atom is -0.497 e. The first-order valence-electron chi connectivity index (χ1n) is 15.3. The van der Waals surface area contributed by atoms with E-state index in [1.165, 1.54) is 0 Å². The molecular weight excluding hydrogens is 610 g/mol. The van der Waals surface area contributed by atoms with E-state index in [4.69, 9.17) is 9.47 Å². The molecule has 2 aliphatic heterocycles. The quantitative estimate of drug-likeness (QED) is 0.163. The van der Waals surface area contributed by atoms with Gasteiger partial charge >= 0.3 is 5.97 Å². The number of carboxylic acid groups (broad SMARTS) is 1. The van der Waals surface area contributed by atoms with Crippen molar-refractivity contribution in [3.05, 3.63) is 65.1 Å². The second kappa shape index (κ2) is 15.1. The fraction of sp³-hybridized carbons (Fsp3) is 0.515. The summed E-state index contributed by atoms with van der Waals surface area (Å²) in [6.07, 6.45) is 2.07. The first kappa shape index (κ1) is 33.4. The molecule has 3 aromatic rings. The molecule has 7 nitrogen and oxygen atoms in total. The summed E-state index contributed by atoms with van der Waals surface area (Å²) in [5, 5.41) is 10.5. The van der Waals surface area contributed by atoms with E-state index in [9.17, 15) is 23.1 Å². The number of benzene rings is 2. The molecular formula is C33H39F4N3O4S. The summed E-state index contributed by atoms with van der Waals surface area (Å²) >= 11 is 0.989. The highest BCUT2D eigenvalue weighted by atomic mass is 32.2. The van der Waals surface area contributed by atoms with Gasteiger partial charge in [-0.15, -0.1) is 11.8 Å². The van der Waals surface area contributed by atoms with Gasteiger partial charge in [-0.05, 0) is 68.0 Å². The fourth-order valence-electron chi connectivity index (χ4n) is 6.46. The molecule has 0 radical (unpaired) electrons. The number of pyridine rings is 1. The molecule has 0 aliphatic carbocycles. The number of carboxylic acids is 1. The van der Waals surface area contributed by atoms with Gasteiger partial charge in [-0.3, -0.25) is 14.7 Å². The highest BCUT2D eigenvalue weighted by Crippen LogP contribution is 2.44. The zero-order valence-corrected chi connectivity index (χ0v) is 26.2. The number of hydrogen-bond acceptors (Lipinski definition) is 7. The van der Waals surface area contributed by atoms with Crippen molar-refractivity contribution >= 4 is 28.6 Å². The van der Waals surface area contributed by atoms with Gasteiger partial charge in [0.2, 0.25) is 0 Å². The highest BCUT2D eigenvalue weighted by Gasteiger charge is 2.37. The van der Waals surface area contributed by atoms with E-state index in [1.807, 2.05) is 12.1 Å². The Kier molecular flexibility index (Phi) is 11.2. The van der Waals surface area contributed by atoms with Crippen LogP contribution in [-0.2, 0) is 16.1 Å². The minimum atomic E-state index is -1.33. The second-order valence-corrected chi connectivity index (χ2v) is 13.0. The van der Waals surface area contributed by atoms with Crippen LogP contribution in [0.4, 0.5) is 17.6 Å². The number of rotatable bonds is 13. The molecule has 0 spiro atoms. The molecule has 1 aromatic heterocycles. The molecule has 2 fully saturated rings. The van der Waals surface area contributed by atoms with Crippen LogP contribution in [0.25, 0.3) is 10.9 Å². The number of hydrogen-bond donors (Lipinski definition) is 1. The van der Waals surface area contributed by atoms with Gasteiger partial charge in [0.05, 0.1) is 37.2 Å². The fourth-order valence-corrected chi connectivity index (χ4v) is 7.41. The average molecular weight is 650 g/mol. The number of likely N-dealkylation sites (tertiary alicyclic amines) is 1. The van der Waals surface area contributed by atoms with Crippen molar-refractivity contribution in [2.24, 2.45) is 5.41 Å². The third kappa shape index (κ3) is 8.46. The molecule has 2 aliphatic rings. The molecule has 2 aromatic carbocycles. The summed E-state index contributed by atoms with van der Waals surface area (Å²) < 4.78 is 68.7. The number of thioether (sulfide) groups is 1. The highest BCUT2D eigenvalue weighted by molar-refractivity contribution is 7.99. The van der Waals surface area contributed by atoms with E-state index >= 15 is 4.39 Å². The summed E-state index contributed by atoms with van der Waals surface area (Å²) in [7, 11) is 1.57. The van der Waals surface area contributed by atoms with E-state index in [0.717, 1.165) is 30.4 Å². The number of halogens is 4. The van der Waals surface area contributed by atoms with Gasteiger partial charge in [0.1, 0.15) is 29.4 Å². The average Bonchev–Trinajstić information content (AvgIpc) is 3.02. The molecule has 244 valence electrons. The number of carbonyl (C=O) groups is 1. The molecule has 12 heteroatoms. The molecule has 2 saturated heterocycles. The van der Waals surface area contributed by atoms with Gasteiger partial charge in [-0.2, -0.15) is 0 Å². The van der Waals surface area contributed by atoms with Gasteiger partial charge < -0.3 is 19.5 Å². The third-order valence-corrected chi connectivity index (χ3v) is 10.1. The van der Waals surface area contributed by atoms with Gasteiger partial charge in [0, 0.05) is 61.2 Å². The van der Waals surface area contributed by atoms with Crippen molar-refractivity contribution in [2.75, 3.05) is 58.8 Å². The lowest BCUT2D eigenvalue weighted by Gasteiger charge is -2.41. The number of aliphatic carboxylic acids is 1. The predicted molar refractivity (Wildman–Crippen MR) is 165 cm³/mol. The summed E-state index contributed by atoms with van der Waals surface area (Å²) in [6, 6.07) is 6.78. The van der Waals surface area contributed by atoms with E-state index in [2.05, 4.69) is 14.8 Å². The zero-order valence-electron chi connectivity index (χ0n) is 25.4. The summed E-state index contributed by atoms with van der Waals surface area (Å²) in [4.78, 5) is 20.7. The van der Waals surface area contributed by atoms with Crippen LogP contribution in [-0.4, -0.2) is 84.7 Å². The van der Waals surface area contributed by atoms with Crippen molar-refractivity contribution in [1.29, 1.82) is 0 Å². The predicted octanol–water partition coefficient (Wildman–Crippen LogP) is 6.63. The van der Waals surface area contributed by atoms with Crippen LogP contribution in [0, 0.1) is 22.9 Å². The van der Waals surface area contributed by atoms with Crippen molar-refractivity contribution in [3.63, 3.8) is 0 Å². The Balaban J connectivity index is 1.27. The van der Waals surface area contributed by atoms with Gasteiger partial charge in [-0.1, -0.05) is 0 Å². The van der Waals surface area contributed by atoms with Gasteiger partial charge in [0.25, 0.3) is 0 Å². The molecule has 0 saturated carbocycles. The molecule has 0 bridgehead atoms. The molecule has 45 heavy (non-hydrogen) atoms. The molecule has 0 amide bonds. The summed E-state index contributed by atoms with van der Waals surface area (Å²) in [6.45, 7) is 5.00. The van der Waals surface area contributed by atoms with Gasteiger partial charge in [0.15, 0.2) is 0 Å². The van der Waals surface area contributed by atoms with E-state index < -0.39 is 35.0 Å². The van der Waals surface area contributed by atoms with Crippen molar-refractivity contribution in [1.82, 2.24) is 14.8 Å². The normalized spacial score (nSPS) is 18.2. The molecule has 0 unspecified atom stereocenters. The Morgan fingerprint density at radius 2 is 1.80 bits per heavy atom. The van der Waals surface area contributed by atoms with Crippen LogP contribution in [0.3, 0.4) is 0 Å². The maximum absolute atomic E-state index is 16.5. The number of alkyl halides is 1. The smallest absolute Gasteiger partial charge is 0.303 e. The Labute approximate surface area is 264 Å². The number of morpholine rings is 1. The lowest BCUT2D eigenvalue weighted by Crippen LogP contribution is -2.42. The number of piperidine rings is 1. The van der Waals surface area contributed by atoms with E-state index in [1.54, 1.807) is 19.4 Å². The van der Waals surface area contributed by atoms with Crippen LogP contribution in [0.15, 0.2) is 41.4 Å². The van der Waals surface area contributed by atoms with Crippen LogP contribution < -0.4 is 4.74 Å². The Morgan fingerprint density at radius 3 is 2.47 bits per heavy atom. The van der Waals surface area contributed by atoms with Crippen molar-refractivity contribution < 1.29 is 36.9 Å². The Hall–Kier alpha value is -2.93. The Bertz CT molecular complexity index is 1460. The van der Waals surface area contributed by atoms with E-state index in [0.29, 0.717) is 98.8 Å². The number of aromatic nitrogens is 1. The van der Waals surface area contributed by atoms with Crippen LogP contribution in [0.2, 0.25) is 0 Å². The Morgan fingerprint density at radius 1 is 1.09 bits per heavy atom. The second-order valence-electron chi connectivity index (χ2n) is 11.9. The zero-order chi connectivity index (χ0) is 32.0. The van der Waals surface area contributed by atoms with Gasteiger partial charge in [-0.25, -0.2) is 17.6 Å². The number of fused-ring (bicyclic) bond motifs is 1. The maximum atomic E-state index is 16.5. The molecule has 5 rings (SSSR count). The number of methoxy groups -OCH3 is 1. The largest absolute Gasteiger partial charge is 0.497 e. The summed E-state index contributed by atoms with van der Waals surface area (Å²) in [5.74, 6) is -2.72. The summed E-state index contributed by atoms with van der Waals surface area (Å²) in [5.41, 5.74) is 1.48. The van der Waals surface area contributed by atoms with E-state index in [-0.39, 0.29) is 17.7 Å². The van der Waals surface area contributed by atoms with Crippen molar-refractivity contribution in [3.8, 4) is 5.75 Å². The van der Waals surface area contributed by atoms with Crippen LogP contribution >= 0.6 is 11.8 Å². The minimum absolute atomic E-state index is 0.0557. The molecule has 1 atom stereocenters. The third-order valence-electron chi connectivity index (χ3n) is 9.00. The maximum Gasteiger partial charge on any atom is 0.303 e. The first-order valence-corrected chi connectivity index (χ1v) is 16.3. The van der Waals surface area contributed by atoms with Crippen LogP contribution in [0.5, 0.6) is 5.75 Å². The molecule has 3 heterocycles. The SMILES string of the molecule is COc1ccc2ncc(CN3CCOCC3)c([C@@H](F)CCC3(CC(=O)O)CCN(CCSc4c(F)cc(F)cc4F)CC3)c2c1. The lowest BCUT2D eigenvalue weighted by atomic mass is 9.71.